The Morgan fingerprint density at radius 2 is 2.12 bits per heavy atom. The van der Waals surface area contributed by atoms with Crippen LogP contribution >= 0.6 is 11.3 Å². The van der Waals surface area contributed by atoms with E-state index in [1.165, 1.54) is 15.6 Å². The number of hydrogen-bond donors (Lipinski definition) is 3. The molecule has 1 rings (SSSR count). The molecule has 1 aromatic heterocycles. The molecule has 25 heavy (non-hydrogen) atoms. The summed E-state index contributed by atoms with van der Waals surface area (Å²) in [5, 5.41) is 18.8. The number of guanidine groups is 1. The van der Waals surface area contributed by atoms with E-state index in [-0.39, 0.29) is 12.3 Å². The lowest BCUT2D eigenvalue weighted by molar-refractivity contribution is 0.0711. The Balaban J connectivity index is 2.51. The van der Waals surface area contributed by atoms with E-state index in [1.807, 2.05) is 24.4 Å². The van der Waals surface area contributed by atoms with Gasteiger partial charge in [-0.2, -0.15) is 0 Å². The Morgan fingerprint density at radius 3 is 2.68 bits per heavy atom. The number of thiophene rings is 1. The van der Waals surface area contributed by atoms with Gasteiger partial charge < -0.3 is 15.7 Å². The lowest BCUT2D eigenvalue weighted by atomic mass is 10.1. The van der Waals surface area contributed by atoms with E-state index in [0.29, 0.717) is 32.0 Å². The summed E-state index contributed by atoms with van der Waals surface area (Å²) in [6, 6.07) is 3.80. The van der Waals surface area contributed by atoms with Gasteiger partial charge in [0.25, 0.3) is 0 Å². The van der Waals surface area contributed by atoms with Crippen molar-refractivity contribution in [2.45, 2.75) is 32.8 Å². The number of nitrogens with one attached hydrogen (secondary N) is 2. The first-order chi connectivity index (χ1) is 11.7. The zero-order valence-electron chi connectivity index (χ0n) is 15.4. The van der Waals surface area contributed by atoms with Crippen molar-refractivity contribution in [3.05, 3.63) is 22.4 Å². The van der Waals surface area contributed by atoms with Crippen LogP contribution in [-0.2, 0) is 15.6 Å². The van der Waals surface area contributed by atoms with Crippen molar-refractivity contribution in [1.82, 2.24) is 14.9 Å². The van der Waals surface area contributed by atoms with Crippen LogP contribution in [0.5, 0.6) is 0 Å². The Kier molecular flexibility index (Phi) is 8.84. The predicted molar refractivity (Wildman–Crippen MR) is 105 cm³/mol. The summed E-state index contributed by atoms with van der Waals surface area (Å²) in [6.45, 7) is 7.35. The third-order valence-electron chi connectivity index (χ3n) is 3.72. The normalized spacial score (nSPS) is 15.2. The highest BCUT2D eigenvalue weighted by Gasteiger charge is 2.24. The molecule has 0 aliphatic heterocycles. The van der Waals surface area contributed by atoms with Crippen LogP contribution in [-0.4, -0.2) is 62.8 Å². The highest BCUT2D eigenvalue weighted by molar-refractivity contribution is 7.89. The standard InChI is InChI=1S/C16H30N4O3S2/c1-5-17-15(18-10-8-11-20(4)25(22,23)6-2)19-13-16(3,21)14-9-7-12-24-14/h7,9,12,21H,5-6,8,10-11,13H2,1-4H3,(H2,17,18,19). The fraction of sp³-hybridized carbons (Fsp3) is 0.688. The highest BCUT2D eigenvalue weighted by Crippen LogP contribution is 2.25. The van der Waals surface area contributed by atoms with Crippen LogP contribution in [0.25, 0.3) is 0 Å². The Hall–Kier alpha value is -1.16. The SMILES string of the molecule is CCNC(=NCC(C)(O)c1cccs1)NCCCN(C)S(=O)(=O)CC. The van der Waals surface area contributed by atoms with Gasteiger partial charge in [-0.15, -0.1) is 11.3 Å². The van der Waals surface area contributed by atoms with E-state index in [2.05, 4.69) is 15.6 Å². The number of sulfonamides is 1. The lowest BCUT2D eigenvalue weighted by Gasteiger charge is -2.21. The first kappa shape index (κ1) is 21.9. The van der Waals surface area contributed by atoms with Crippen molar-refractivity contribution >= 4 is 27.3 Å². The molecule has 0 aromatic carbocycles. The van der Waals surface area contributed by atoms with Gasteiger partial charge in [-0.1, -0.05) is 6.07 Å². The van der Waals surface area contributed by atoms with Crippen LogP contribution in [0.3, 0.4) is 0 Å². The van der Waals surface area contributed by atoms with Crippen LogP contribution in [0.2, 0.25) is 0 Å². The minimum Gasteiger partial charge on any atom is -0.383 e. The average molecular weight is 391 g/mol. The van der Waals surface area contributed by atoms with Crippen molar-refractivity contribution in [3.8, 4) is 0 Å². The van der Waals surface area contributed by atoms with Gasteiger partial charge in [0.1, 0.15) is 5.60 Å². The Morgan fingerprint density at radius 1 is 1.40 bits per heavy atom. The zero-order chi connectivity index (χ0) is 18.9. The maximum absolute atomic E-state index is 11.7. The molecule has 1 aromatic rings. The molecule has 0 aliphatic rings. The van der Waals surface area contributed by atoms with E-state index >= 15 is 0 Å². The molecule has 0 spiro atoms. The number of nitrogens with zero attached hydrogens (tertiary/aromatic N) is 2. The first-order valence-corrected chi connectivity index (χ1v) is 10.9. The number of rotatable bonds is 10. The maximum atomic E-state index is 11.7. The van der Waals surface area contributed by atoms with E-state index in [9.17, 15) is 13.5 Å². The molecule has 3 N–H and O–H groups in total. The smallest absolute Gasteiger partial charge is 0.213 e. The van der Waals surface area contributed by atoms with Gasteiger partial charge in [-0.3, -0.25) is 0 Å². The molecule has 0 aliphatic carbocycles. The van der Waals surface area contributed by atoms with Crippen LogP contribution in [0.1, 0.15) is 32.1 Å². The summed E-state index contributed by atoms with van der Waals surface area (Å²) < 4.78 is 24.8. The number of aliphatic hydroxyl groups is 1. The molecule has 9 heteroatoms. The van der Waals surface area contributed by atoms with Gasteiger partial charge in [0.2, 0.25) is 10.0 Å². The van der Waals surface area contributed by atoms with Crippen molar-refractivity contribution < 1.29 is 13.5 Å². The molecule has 0 saturated heterocycles. The maximum Gasteiger partial charge on any atom is 0.213 e. The van der Waals surface area contributed by atoms with Crippen molar-refractivity contribution in [2.24, 2.45) is 4.99 Å². The summed E-state index contributed by atoms with van der Waals surface area (Å²) in [5.41, 5.74) is -1.01. The van der Waals surface area contributed by atoms with Gasteiger partial charge >= 0.3 is 0 Å². The average Bonchev–Trinajstić information content (AvgIpc) is 3.11. The van der Waals surface area contributed by atoms with Gasteiger partial charge in [0.15, 0.2) is 5.96 Å². The van der Waals surface area contributed by atoms with Gasteiger partial charge in [0, 0.05) is 31.6 Å². The van der Waals surface area contributed by atoms with Gasteiger partial charge in [0.05, 0.1) is 12.3 Å². The van der Waals surface area contributed by atoms with E-state index < -0.39 is 15.6 Å². The number of hydrogen-bond acceptors (Lipinski definition) is 5. The van der Waals surface area contributed by atoms with Gasteiger partial charge in [-0.25, -0.2) is 17.7 Å². The summed E-state index contributed by atoms with van der Waals surface area (Å²) in [4.78, 5) is 5.32. The minimum absolute atomic E-state index is 0.110. The predicted octanol–water partition coefficient (Wildman–Crippen LogP) is 1.18. The molecule has 0 radical (unpaired) electrons. The molecule has 0 amide bonds. The van der Waals surface area contributed by atoms with Gasteiger partial charge in [-0.05, 0) is 38.6 Å². The van der Waals surface area contributed by atoms with Crippen LogP contribution < -0.4 is 10.6 Å². The molecule has 0 bridgehead atoms. The van der Waals surface area contributed by atoms with Crippen molar-refractivity contribution in [3.63, 3.8) is 0 Å². The van der Waals surface area contributed by atoms with Crippen LogP contribution in [0, 0.1) is 0 Å². The largest absolute Gasteiger partial charge is 0.383 e. The second-order valence-corrected chi connectivity index (χ2v) is 9.26. The monoisotopic (exact) mass is 390 g/mol. The lowest BCUT2D eigenvalue weighted by Crippen LogP contribution is -2.40. The second-order valence-electron chi connectivity index (χ2n) is 5.95. The molecular weight excluding hydrogens is 360 g/mol. The molecule has 1 unspecified atom stereocenters. The first-order valence-electron chi connectivity index (χ1n) is 8.45. The summed E-state index contributed by atoms with van der Waals surface area (Å²) in [5.74, 6) is 0.721. The second kappa shape index (κ2) is 10.1. The Labute approximate surface area is 155 Å². The summed E-state index contributed by atoms with van der Waals surface area (Å²) >= 11 is 1.50. The molecule has 7 nitrogen and oxygen atoms in total. The van der Waals surface area contributed by atoms with E-state index in [0.717, 1.165) is 4.88 Å². The summed E-state index contributed by atoms with van der Waals surface area (Å²) in [6.07, 6.45) is 0.668. The third kappa shape index (κ3) is 7.31. The van der Waals surface area contributed by atoms with E-state index in [4.69, 9.17) is 0 Å². The zero-order valence-corrected chi connectivity index (χ0v) is 17.1. The molecule has 0 fully saturated rings. The molecule has 1 atom stereocenters. The number of aliphatic imine (C=N–C) groups is 1. The molecular formula is C16H30N4O3S2. The highest BCUT2D eigenvalue weighted by atomic mass is 32.2. The molecule has 1 heterocycles. The minimum atomic E-state index is -3.14. The summed E-state index contributed by atoms with van der Waals surface area (Å²) in [7, 11) is -1.54. The van der Waals surface area contributed by atoms with Crippen molar-refractivity contribution in [1.29, 1.82) is 0 Å². The fourth-order valence-corrected chi connectivity index (χ4v) is 3.73. The van der Waals surface area contributed by atoms with E-state index in [1.54, 1.807) is 20.9 Å². The van der Waals surface area contributed by atoms with Crippen molar-refractivity contribution in [2.75, 3.05) is 39.0 Å². The van der Waals surface area contributed by atoms with Crippen LogP contribution in [0.4, 0.5) is 0 Å². The van der Waals surface area contributed by atoms with Crippen LogP contribution in [0.15, 0.2) is 22.5 Å². The quantitative estimate of drug-likeness (QED) is 0.317. The Bertz CT molecular complexity index is 628. The third-order valence-corrected chi connectivity index (χ3v) is 6.71. The fourth-order valence-electron chi connectivity index (χ4n) is 2.11. The molecule has 0 saturated carbocycles. The topological polar surface area (TPSA) is 94.0 Å². The molecule has 144 valence electrons.